The third-order valence-corrected chi connectivity index (χ3v) is 3.62. The summed E-state index contributed by atoms with van der Waals surface area (Å²) in [6, 6.07) is 11.1. The summed E-state index contributed by atoms with van der Waals surface area (Å²) in [7, 11) is 0. The van der Waals surface area contributed by atoms with Gasteiger partial charge in [0, 0.05) is 23.3 Å². The molecule has 0 unspecified atom stereocenters. The molecule has 0 saturated heterocycles. The van der Waals surface area contributed by atoms with Crippen molar-refractivity contribution in [2.45, 2.75) is 0 Å². The highest BCUT2D eigenvalue weighted by atomic mass is 16.2. The molecule has 5 nitrogen and oxygen atoms in total. The fourth-order valence-electron chi connectivity index (χ4n) is 2.58. The number of aromatic nitrogens is 3. The van der Waals surface area contributed by atoms with Crippen LogP contribution in [0.15, 0.2) is 61.3 Å². The summed E-state index contributed by atoms with van der Waals surface area (Å²) in [5, 5.41) is 0.953. The van der Waals surface area contributed by atoms with E-state index in [1.54, 1.807) is 35.4 Å². The Morgan fingerprint density at radius 2 is 2.05 bits per heavy atom. The van der Waals surface area contributed by atoms with Gasteiger partial charge in [-0.1, -0.05) is 12.1 Å². The quantitative estimate of drug-likeness (QED) is 0.543. The zero-order valence-corrected chi connectivity index (χ0v) is 11.1. The number of benzene rings is 1. The molecule has 4 aromatic rings. The van der Waals surface area contributed by atoms with E-state index in [1.807, 2.05) is 34.9 Å². The second kappa shape index (κ2) is 4.21. The number of pyridine rings is 1. The van der Waals surface area contributed by atoms with Gasteiger partial charge < -0.3 is 10.1 Å². The number of fused-ring (bicyclic) bond motifs is 2. The van der Waals surface area contributed by atoms with Gasteiger partial charge in [0.15, 0.2) is 0 Å². The number of nitrogens with two attached hydrogens (primary N) is 1. The average Bonchev–Trinajstić information content (AvgIpc) is 3.13. The number of nitrogen functional groups attached to an aromatic ring is 1. The third kappa shape index (κ3) is 1.71. The molecule has 3 heterocycles. The average molecular weight is 276 g/mol. The molecule has 21 heavy (non-hydrogen) atoms. The maximum Gasteiger partial charge on any atom is 0.262 e. The van der Waals surface area contributed by atoms with E-state index in [9.17, 15) is 4.79 Å². The Morgan fingerprint density at radius 3 is 2.95 bits per heavy atom. The Morgan fingerprint density at radius 1 is 1.14 bits per heavy atom. The lowest BCUT2D eigenvalue weighted by Crippen LogP contribution is -2.11. The van der Waals surface area contributed by atoms with Crippen molar-refractivity contribution in [2.24, 2.45) is 0 Å². The monoisotopic (exact) mass is 276 g/mol. The van der Waals surface area contributed by atoms with Crippen LogP contribution in [0.1, 0.15) is 10.4 Å². The lowest BCUT2D eigenvalue weighted by molar-refractivity contribution is 0.0965. The Bertz CT molecular complexity index is 980. The molecule has 0 fully saturated rings. The van der Waals surface area contributed by atoms with Crippen molar-refractivity contribution in [2.75, 3.05) is 5.73 Å². The number of anilines is 1. The molecule has 0 atom stereocenters. The van der Waals surface area contributed by atoms with Crippen molar-refractivity contribution in [1.82, 2.24) is 14.0 Å². The molecule has 5 heteroatoms. The van der Waals surface area contributed by atoms with Crippen molar-refractivity contribution in [1.29, 1.82) is 0 Å². The maximum atomic E-state index is 12.7. The van der Waals surface area contributed by atoms with Crippen molar-refractivity contribution < 1.29 is 4.79 Å². The molecule has 0 aliphatic carbocycles. The van der Waals surface area contributed by atoms with E-state index in [2.05, 4.69) is 4.98 Å². The zero-order chi connectivity index (χ0) is 14.4. The molecule has 4 rings (SSSR count). The van der Waals surface area contributed by atoms with Crippen LogP contribution in [-0.4, -0.2) is 19.9 Å². The van der Waals surface area contributed by atoms with E-state index in [0.717, 1.165) is 16.4 Å². The first-order valence-electron chi connectivity index (χ1n) is 6.56. The van der Waals surface area contributed by atoms with Gasteiger partial charge in [-0.15, -0.1) is 0 Å². The van der Waals surface area contributed by atoms with Crippen LogP contribution in [-0.2, 0) is 0 Å². The number of nitrogens with zero attached hydrogens (tertiary/aromatic N) is 3. The van der Waals surface area contributed by atoms with Gasteiger partial charge in [-0.3, -0.25) is 9.36 Å². The molecule has 0 amide bonds. The number of rotatable bonds is 1. The lowest BCUT2D eigenvalue weighted by atomic mass is 10.2. The second-order valence-corrected chi connectivity index (χ2v) is 4.92. The second-order valence-electron chi connectivity index (χ2n) is 4.92. The van der Waals surface area contributed by atoms with Gasteiger partial charge in [0.25, 0.3) is 5.91 Å². The normalized spacial score (nSPS) is 11.2. The van der Waals surface area contributed by atoms with Gasteiger partial charge >= 0.3 is 0 Å². The van der Waals surface area contributed by atoms with Crippen LogP contribution in [0, 0.1) is 0 Å². The van der Waals surface area contributed by atoms with Gasteiger partial charge in [0.1, 0.15) is 0 Å². The van der Waals surface area contributed by atoms with Crippen LogP contribution in [0.2, 0.25) is 0 Å². The number of imidazole rings is 1. The molecule has 2 N–H and O–H groups in total. The summed E-state index contributed by atoms with van der Waals surface area (Å²) in [6.45, 7) is 0. The summed E-state index contributed by atoms with van der Waals surface area (Å²) in [4.78, 5) is 16.8. The molecule has 3 aromatic heterocycles. The smallest absolute Gasteiger partial charge is 0.262 e. The first-order chi connectivity index (χ1) is 10.2. The Hall–Kier alpha value is -3.08. The summed E-state index contributed by atoms with van der Waals surface area (Å²) in [5.74, 6) is -0.105. The third-order valence-electron chi connectivity index (χ3n) is 3.62. The molecular formula is C16H12N4O. The van der Waals surface area contributed by atoms with Crippen molar-refractivity contribution in [3.63, 3.8) is 0 Å². The fraction of sp³-hybridized carbons (Fsp3) is 0. The van der Waals surface area contributed by atoms with E-state index in [-0.39, 0.29) is 5.91 Å². The standard InChI is InChI=1S/C16H12N4O/c17-14-3-1-2-11-5-7-20(15(11)14)16(21)12-4-6-19-10-18-9-13(19)8-12/h1-10H,17H2. The minimum absolute atomic E-state index is 0.105. The van der Waals surface area contributed by atoms with Crippen molar-refractivity contribution in [3.05, 3.63) is 66.9 Å². The molecule has 0 aliphatic rings. The number of hydrogen-bond donors (Lipinski definition) is 1. The SMILES string of the molecule is Nc1cccc2ccn(C(=O)c3ccn4cncc4c3)c12. The van der Waals surface area contributed by atoms with E-state index >= 15 is 0 Å². The van der Waals surface area contributed by atoms with Crippen LogP contribution in [0.4, 0.5) is 5.69 Å². The van der Waals surface area contributed by atoms with Crippen LogP contribution in [0.3, 0.4) is 0 Å². The lowest BCUT2D eigenvalue weighted by Gasteiger charge is -2.06. The number of hydrogen-bond acceptors (Lipinski definition) is 3. The first-order valence-corrected chi connectivity index (χ1v) is 6.56. The van der Waals surface area contributed by atoms with Crippen LogP contribution in [0.5, 0.6) is 0 Å². The predicted octanol–water partition coefficient (Wildman–Crippen LogP) is 2.56. The van der Waals surface area contributed by atoms with Gasteiger partial charge in [-0.2, -0.15) is 0 Å². The Labute approximate surface area is 120 Å². The fourth-order valence-corrected chi connectivity index (χ4v) is 2.58. The zero-order valence-electron chi connectivity index (χ0n) is 11.1. The van der Waals surface area contributed by atoms with Crippen LogP contribution >= 0.6 is 0 Å². The van der Waals surface area contributed by atoms with Gasteiger partial charge in [-0.25, -0.2) is 4.98 Å². The highest BCUT2D eigenvalue weighted by Gasteiger charge is 2.13. The molecule has 1 aromatic carbocycles. The van der Waals surface area contributed by atoms with E-state index < -0.39 is 0 Å². The number of carbonyl (C=O) groups is 1. The van der Waals surface area contributed by atoms with Crippen LogP contribution < -0.4 is 5.73 Å². The van der Waals surface area contributed by atoms with Gasteiger partial charge in [0.2, 0.25) is 0 Å². The molecule has 0 saturated carbocycles. The van der Waals surface area contributed by atoms with E-state index in [1.165, 1.54) is 0 Å². The van der Waals surface area contributed by atoms with Gasteiger partial charge in [-0.05, 0) is 24.3 Å². The number of para-hydroxylation sites is 1. The Balaban J connectivity index is 1.89. The maximum absolute atomic E-state index is 12.7. The number of carbonyl (C=O) groups excluding carboxylic acids is 1. The summed E-state index contributed by atoms with van der Waals surface area (Å²) in [5.41, 5.74) is 8.82. The Kier molecular flexibility index (Phi) is 2.35. The first kappa shape index (κ1) is 11.7. The summed E-state index contributed by atoms with van der Waals surface area (Å²) in [6.07, 6.45) is 7.00. The summed E-state index contributed by atoms with van der Waals surface area (Å²) >= 11 is 0. The van der Waals surface area contributed by atoms with Gasteiger partial charge in [0.05, 0.1) is 29.2 Å². The highest BCUT2D eigenvalue weighted by molar-refractivity contribution is 6.05. The largest absolute Gasteiger partial charge is 0.397 e. The molecule has 0 aliphatic heterocycles. The van der Waals surface area contributed by atoms with E-state index in [0.29, 0.717) is 11.3 Å². The molecule has 0 spiro atoms. The topological polar surface area (TPSA) is 65.3 Å². The van der Waals surface area contributed by atoms with E-state index in [4.69, 9.17) is 5.73 Å². The minimum atomic E-state index is -0.105. The van der Waals surface area contributed by atoms with Crippen molar-refractivity contribution >= 4 is 28.0 Å². The predicted molar refractivity (Wildman–Crippen MR) is 81.3 cm³/mol. The van der Waals surface area contributed by atoms with Crippen LogP contribution in [0.25, 0.3) is 16.4 Å². The minimum Gasteiger partial charge on any atom is -0.397 e. The molecule has 0 bridgehead atoms. The highest BCUT2D eigenvalue weighted by Crippen LogP contribution is 2.23. The van der Waals surface area contributed by atoms with Crippen molar-refractivity contribution in [3.8, 4) is 0 Å². The molecule has 0 radical (unpaired) electrons. The molecule has 102 valence electrons. The summed E-state index contributed by atoms with van der Waals surface area (Å²) < 4.78 is 3.45. The molecular weight excluding hydrogens is 264 g/mol.